The lowest BCUT2D eigenvalue weighted by atomic mass is 10.2. The molecule has 0 bridgehead atoms. The molecule has 0 spiro atoms. The fraction of sp³-hybridized carbons (Fsp3) is 0.471. The first kappa shape index (κ1) is 17.9. The third-order valence-corrected chi connectivity index (χ3v) is 4.11. The van der Waals surface area contributed by atoms with Crippen LogP contribution in [0.5, 0.6) is 0 Å². The van der Waals surface area contributed by atoms with E-state index in [1.54, 1.807) is 29.2 Å². The first-order valence-corrected chi connectivity index (χ1v) is 7.85. The number of ether oxygens (including phenoxy) is 1. The van der Waals surface area contributed by atoms with E-state index in [0.717, 1.165) is 13.1 Å². The summed E-state index contributed by atoms with van der Waals surface area (Å²) in [6.45, 7) is 4.32. The molecule has 2 amide bonds. The van der Waals surface area contributed by atoms with E-state index in [4.69, 9.17) is 4.74 Å². The molecule has 7 nitrogen and oxygen atoms in total. The zero-order valence-corrected chi connectivity index (χ0v) is 14.3. The Bertz CT molecular complexity index is 624. The smallest absolute Gasteiger partial charge is 0.337 e. The maximum absolute atomic E-state index is 12.5. The predicted octanol–water partition coefficient (Wildman–Crippen LogP) is 0.600. The van der Waals surface area contributed by atoms with Gasteiger partial charge in [-0.25, -0.2) is 4.79 Å². The highest BCUT2D eigenvalue weighted by Crippen LogP contribution is 2.18. The molecule has 0 atom stereocenters. The van der Waals surface area contributed by atoms with Crippen molar-refractivity contribution in [1.29, 1.82) is 0 Å². The number of carbonyl (C=O) groups excluding carboxylic acids is 3. The zero-order valence-electron chi connectivity index (χ0n) is 14.3. The molecule has 0 aliphatic carbocycles. The molecule has 1 heterocycles. The topological polar surface area (TPSA) is 70.2 Å². The van der Waals surface area contributed by atoms with Crippen LogP contribution in [0.2, 0.25) is 0 Å². The molecule has 7 heteroatoms. The molecule has 24 heavy (non-hydrogen) atoms. The number of esters is 1. The van der Waals surface area contributed by atoms with Gasteiger partial charge in [-0.3, -0.25) is 9.59 Å². The van der Waals surface area contributed by atoms with Crippen LogP contribution in [0, 0.1) is 0 Å². The predicted molar refractivity (Wildman–Crippen MR) is 89.9 cm³/mol. The Morgan fingerprint density at radius 3 is 2.42 bits per heavy atom. The highest BCUT2D eigenvalue weighted by Gasteiger charge is 2.23. The summed E-state index contributed by atoms with van der Waals surface area (Å²) >= 11 is 0. The van der Waals surface area contributed by atoms with E-state index < -0.39 is 5.97 Å². The number of hydrogen-bond donors (Lipinski definition) is 0. The van der Waals surface area contributed by atoms with Gasteiger partial charge in [0.25, 0.3) is 0 Å². The van der Waals surface area contributed by atoms with Crippen LogP contribution in [0.25, 0.3) is 0 Å². The Hall–Kier alpha value is -2.41. The van der Waals surface area contributed by atoms with Crippen molar-refractivity contribution in [3.05, 3.63) is 29.8 Å². The highest BCUT2D eigenvalue weighted by atomic mass is 16.5. The number of nitrogens with zero attached hydrogens (tertiary/aromatic N) is 3. The summed E-state index contributed by atoms with van der Waals surface area (Å²) in [7, 11) is 3.32. The van der Waals surface area contributed by atoms with E-state index in [2.05, 4.69) is 4.90 Å². The molecule has 1 saturated heterocycles. The Morgan fingerprint density at radius 1 is 1.17 bits per heavy atom. The van der Waals surface area contributed by atoms with Crippen molar-refractivity contribution in [3.8, 4) is 0 Å². The average molecular weight is 333 g/mol. The number of methoxy groups -OCH3 is 1. The first-order valence-electron chi connectivity index (χ1n) is 7.85. The number of likely N-dealkylation sites (N-methyl/N-ethyl adjacent to an activating group) is 1. The maximum Gasteiger partial charge on any atom is 0.337 e. The summed E-state index contributed by atoms with van der Waals surface area (Å²) in [6.07, 6.45) is 0. The van der Waals surface area contributed by atoms with Crippen molar-refractivity contribution in [1.82, 2.24) is 9.80 Å². The molecule has 1 fully saturated rings. The van der Waals surface area contributed by atoms with Crippen molar-refractivity contribution in [2.24, 2.45) is 0 Å². The molecule has 0 aromatic heterocycles. The number of rotatable bonds is 4. The summed E-state index contributed by atoms with van der Waals surface area (Å²) < 4.78 is 4.70. The van der Waals surface area contributed by atoms with E-state index >= 15 is 0 Å². The molecular formula is C17H23N3O4. The van der Waals surface area contributed by atoms with E-state index in [1.165, 1.54) is 18.9 Å². The van der Waals surface area contributed by atoms with Gasteiger partial charge in [-0.05, 0) is 25.2 Å². The third-order valence-electron chi connectivity index (χ3n) is 4.11. The molecule has 2 rings (SSSR count). The molecule has 1 aliphatic rings. The fourth-order valence-electron chi connectivity index (χ4n) is 2.59. The second-order valence-electron chi connectivity index (χ2n) is 5.83. The number of amides is 2. The Labute approximate surface area is 141 Å². The van der Waals surface area contributed by atoms with Crippen LogP contribution in [0.15, 0.2) is 24.3 Å². The fourth-order valence-corrected chi connectivity index (χ4v) is 2.59. The van der Waals surface area contributed by atoms with Gasteiger partial charge in [-0.15, -0.1) is 0 Å². The number of piperazine rings is 1. The summed E-state index contributed by atoms with van der Waals surface area (Å²) in [6, 6.07) is 6.53. The monoisotopic (exact) mass is 333 g/mol. The van der Waals surface area contributed by atoms with Gasteiger partial charge in [-0.1, -0.05) is 6.07 Å². The second-order valence-corrected chi connectivity index (χ2v) is 5.83. The van der Waals surface area contributed by atoms with Crippen molar-refractivity contribution >= 4 is 23.5 Å². The molecular weight excluding hydrogens is 310 g/mol. The zero-order chi connectivity index (χ0) is 17.7. The van der Waals surface area contributed by atoms with Crippen molar-refractivity contribution in [3.63, 3.8) is 0 Å². The van der Waals surface area contributed by atoms with Crippen LogP contribution in [0.1, 0.15) is 17.3 Å². The summed E-state index contributed by atoms with van der Waals surface area (Å²) in [4.78, 5) is 41.4. The minimum atomic E-state index is -0.481. The van der Waals surface area contributed by atoms with E-state index in [-0.39, 0.29) is 18.4 Å². The van der Waals surface area contributed by atoms with Crippen LogP contribution >= 0.6 is 0 Å². The van der Waals surface area contributed by atoms with Crippen LogP contribution in [0.3, 0.4) is 0 Å². The molecule has 1 aromatic carbocycles. The quantitative estimate of drug-likeness (QED) is 0.755. The summed E-state index contributed by atoms with van der Waals surface area (Å²) in [5, 5.41) is 0. The number of anilines is 1. The molecule has 0 radical (unpaired) electrons. The van der Waals surface area contributed by atoms with Gasteiger partial charge in [0, 0.05) is 38.8 Å². The molecule has 0 N–H and O–H groups in total. The van der Waals surface area contributed by atoms with Gasteiger partial charge in [0.1, 0.15) is 6.54 Å². The van der Waals surface area contributed by atoms with Crippen LogP contribution in [0.4, 0.5) is 5.69 Å². The van der Waals surface area contributed by atoms with Crippen LogP contribution < -0.4 is 4.90 Å². The molecule has 130 valence electrons. The maximum atomic E-state index is 12.5. The lowest BCUT2D eigenvalue weighted by Crippen LogP contribution is -2.50. The minimum absolute atomic E-state index is 0.0380. The van der Waals surface area contributed by atoms with Gasteiger partial charge in [0.15, 0.2) is 0 Å². The molecule has 0 unspecified atom stereocenters. The highest BCUT2D eigenvalue weighted by molar-refractivity contribution is 5.99. The Kier molecular flexibility index (Phi) is 5.92. The second kappa shape index (κ2) is 7.92. The SMILES string of the molecule is COC(=O)c1cccc(N(CC(=O)N2CCN(C)CC2)C(C)=O)c1. The number of hydrogen-bond acceptors (Lipinski definition) is 5. The van der Waals surface area contributed by atoms with Gasteiger partial charge >= 0.3 is 5.97 Å². The van der Waals surface area contributed by atoms with Crippen molar-refractivity contribution < 1.29 is 19.1 Å². The standard InChI is InChI=1S/C17H23N3O4/c1-13(21)20(12-16(22)19-9-7-18(2)8-10-19)15-6-4-5-14(11-15)17(23)24-3/h4-6,11H,7-10,12H2,1-3H3. The van der Waals surface area contributed by atoms with Crippen molar-refractivity contribution in [2.75, 3.05) is 51.8 Å². The summed E-state index contributed by atoms with van der Waals surface area (Å²) in [5.41, 5.74) is 0.848. The van der Waals surface area contributed by atoms with Gasteiger partial charge < -0.3 is 19.4 Å². The van der Waals surface area contributed by atoms with Gasteiger partial charge in [0.05, 0.1) is 12.7 Å². The van der Waals surface area contributed by atoms with Crippen LogP contribution in [-0.4, -0.2) is 74.5 Å². The molecule has 1 aromatic rings. The van der Waals surface area contributed by atoms with Gasteiger partial charge in [-0.2, -0.15) is 0 Å². The lowest BCUT2D eigenvalue weighted by Gasteiger charge is -2.33. The largest absolute Gasteiger partial charge is 0.465 e. The van der Waals surface area contributed by atoms with E-state index in [9.17, 15) is 14.4 Å². The number of carbonyl (C=O) groups is 3. The van der Waals surface area contributed by atoms with E-state index in [1.807, 2.05) is 7.05 Å². The van der Waals surface area contributed by atoms with Crippen LogP contribution in [-0.2, 0) is 14.3 Å². The average Bonchev–Trinajstić information content (AvgIpc) is 2.59. The van der Waals surface area contributed by atoms with E-state index in [0.29, 0.717) is 24.3 Å². The molecule has 1 aliphatic heterocycles. The normalized spacial score (nSPS) is 15.0. The first-order chi connectivity index (χ1) is 11.4. The Balaban J connectivity index is 2.13. The summed E-state index contributed by atoms with van der Waals surface area (Å²) in [5.74, 6) is -0.827. The van der Waals surface area contributed by atoms with Gasteiger partial charge in [0.2, 0.25) is 11.8 Å². The molecule has 0 saturated carbocycles. The Morgan fingerprint density at radius 2 is 1.83 bits per heavy atom. The minimum Gasteiger partial charge on any atom is -0.465 e. The van der Waals surface area contributed by atoms with Crippen molar-refractivity contribution in [2.45, 2.75) is 6.92 Å². The lowest BCUT2D eigenvalue weighted by molar-refractivity contribution is -0.132. The third kappa shape index (κ3) is 4.32. The number of benzene rings is 1.